The van der Waals surface area contributed by atoms with E-state index >= 15 is 0 Å². The molecule has 96 valence electrons. The Bertz CT molecular complexity index is 306. The van der Waals surface area contributed by atoms with E-state index in [0.29, 0.717) is 6.04 Å². The van der Waals surface area contributed by atoms with Gasteiger partial charge in [-0.1, -0.05) is 44.2 Å². The normalized spacial score (nSPS) is 13.6. The number of benzene rings is 1. The zero-order chi connectivity index (χ0) is 12.7. The maximum Gasteiger partial charge on any atom is 0.0164 e. The molecule has 2 nitrogen and oxygen atoms in total. The molecule has 1 atom stereocenters. The molecule has 0 heterocycles. The third-order valence-corrected chi connectivity index (χ3v) is 3.31. The maximum absolute atomic E-state index is 3.55. The Labute approximate surface area is 106 Å². The highest BCUT2D eigenvalue weighted by Gasteiger charge is 2.19. The molecule has 0 aliphatic carbocycles. The fourth-order valence-corrected chi connectivity index (χ4v) is 2.04. The van der Waals surface area contributed by atoms with E-state index in [0.717, 1.165) is 19.5 Å². The van der Waals surface area contributed by atoms with Crippen molar-refractivity contribution < 1.29 is 0 Å². The molecule has 0 saturated carbocycles. The van der Waals surface area contributed by atoms with Gasteiger partial charge in [0, 0.05) is 12.6 Å². The van der Waals surface area contributed by atoms with Gasteiger partial charge in [0.05, 0.1) is 0 Å². The van der Waals surface area contributed by atoms with Crippen LogP contribution in [-0.4, -0.2) is 26.2 Å². The van der Waals surface area contributed by atoms with E-state index in [-0.39, 0.29) is 5.41 Å². The lowest BCUT2D eigenvalue weighted by Crippen LogP contribution is -2.37. The number of nitrogens with one attached hydrogen (secondary N) is 2. The average molecular weight is 234 g/mol. The molecule has 0 fully saturated rings. The summed E-state index contributed by atoms with van der Waals surface area (Å²) in [4.78, 5) is 0. The van der Waals surface area contributed by atoms with Gasteiger partial charge in [-0.15, -0.1) is 0 Å². The maximum atomic E-state index is 3.55. The Morgan fingerprint density at radius 3 is 2.41 bits per heavy atom. The molecule has 0 bridgehead atoms. The molecule has 1 aromatic rings. The lowest BCUT2D eigenvalue weighted by molar-refractivity contribution is 0.428. The van der Waals surface area contributed by atoms with Gasteiger partial charge in [0.2, 0.25) is 0 Å². The summed E-state index contributed by atoms with van der Waals surface area (Å²) in [6.45, 7) is 8.92. The van der Waals surface area contributed by atoms with E-state index < -0.39 is 0 Å². The average Bonchev–Trinajstić information content (AvgIpc) is 2.30. The summed E-state index contributed by atoms with van der Waals surface area (Å²) < 4.78 is 0. The van der Waals surface area contributed by atoms with E-state index in [1.807, 2.05) is 7.05 Å². The van der Waals surface area contributed by atoms with Crippen molar-refractivity contribution in [2.45, 2.75) is 38.6 Å². The summed E-state index contributed by atoms with van der Waals surface area (Å²) in [5.41, 5.74) is 1.66. The highest BCUT2D eigenvalue weighted by Crippen LogP contribution is 2.25. The van der Waals surface area contributed by atoms with Crippen molar-refractivity contribution in [3.05, 3.63) is 35.9 Å². The van der Waals surface area contributed by atoms with Gasteiger partial charge in [-0.25, -0.2) is 0 Å². The van der Waals surface area contributed by atoms with Crippen molar-refractivity contribution in [2.24, 2.45) is 0 Å². The lowest BCUT2D eigenvalue weighted by atomic mass is 9.81. The number of hydrogen-bond donors (Lipinski definition) is 2. The molecule has 2 heteroatoms. The molecule has 1 rings (SSSR count). The van der Waals surface area contributed by atoms with Crippen LogP contribution in [0.25, 0.3) is 0 Å². The second-order valence-corrected chi connectivity index (χ2v) is 5.41. The lowest BCUT2D eigenvalue weighted by Gasteiger charge is -2.26. The molecular formula is C15H26N2. The molecule has 1 unspecified atom stereocenters. The molecule has 1 aromatic carbocycles. The first-order chi connectivity index (χ1) is 8.06. The van der Waals surface area contributed by atoms with Gasteiger partial charge in [0.25, 0.3) is 0 Å². The molecule has 0 aliphatic rings. The quantitative estimate of drug-likeness (QED) is 0.757. The van der Waals surface area contributed by atoms with Crippen LogP contribution in [0.1, 0.15) is 32.8 Å². The van der Waals surface area contributed by atoms with Gasteiger partial charge in [0.1, 0.15) is 0 Å². The SMILES string of the molecule is CNCC(C)NCCC(C)(C)c1ccccc1. The highest BCUT2D eigenvalue weighted by atomic mass is 15.0. The van der Waals surface area contributed by atoms with Crippen LogP contribution in [0.15, 0.2) is 30.3 Å². The zero-order valence-corrected chi connectivity index (χ0v) is 11.6. The molecular weight excluding hydrogens is 208 g/mol. The second kappa shape index (κ2) is 6.77. The Morgan fingerprint density at radius 1 is 1.18 bits per heavy atom. The van der Waals surface area contributed by atoms with Gasteiger partial charge >= 0.3 is 0 Å². The summed E-state index contributed by atoms with van der Waals surface area (Å²) in [6, 6.07) is 11.3. The van der Waals surface area contributed by atoms with Crippen molar-refractivity contribution in [1.82, 2.24) is 10.6 Å². The largest absolute Gasteiger partial charge is 0.318 e. The van der Waals surface area contributed by atoms with Gasteiger partial charge in [-0.05, 0) is 37.9 Å². The van der Waals surface area contributed by atoms with Gasteiger partial charge in [-0.3, -0.25) is 0 Å². The Balaban J connectivity index is 2.40. The minimum atomic E-state index is 0.244. The van der Waals surface area contributed by atoms with E-state index in [4.69, 9.17) is 0 Å². The molecule has 2 N–H and O–H groups in total. The van der Waals surface area contributed by atoms with E-state index in [9.17, 15) is 0 Å². The van der Waals surface area contributed by atoms with Gasteiger partial charge in [-0.2, -0.15) is 0 Å². The molecule has 0 aliphatic heterocycles. The molecule has 0 amide bonds. The summed E-state index contributed by atoms with van der Waals surface area (Å²) in [6.07, 6.45) is 1.16. The van der Waals surface area contributed by atoms with Gasteiger partial charge in [0.15, 0.2) is 0 Å². The van der Waals surface area contributed by atoms with Crippen molar-refractivity contribution in [3.63, 3.8) is 0 Å². The third-order valence-electron chi connectivity index (χ3n) is 3.31. The second-order valence-electron chi connectivity index (χ2n) is 5.41. The standard InChI is InChI=1S/C15H26N2/c1-13(12-16-4)17-11-10-15(2,3)14-8-6-5-7-9-14/h5-9,13,16-17H,10-12H2,1-4H3. The van der Waals surface area contributed by atoms with Crippen molar-refractivity contribution in [2.75, 3.05) is 20.1 Å². The Kier molecular flexibility index (Phi) is 5.66. The van der Waals surface area contributed by atoms with Crippen LogP contribution in [0.5, 0.6) is 0 Å². The topological polar surface area (TPSA) is 24.1 Å². The number of hydrogen-bond acceptors (Lipinski definition) is 2. The third kappa shape index (κ3) is 4.88. The number of likely N-dealkylation sites (N-methyl/N-ethyl adjacent to an activating group) is 1. The van der Waals surface area contributed by atoms with Crippen LogP contribution >= 0.6 is 0 Å². The van der Waals surface area contributed by atoms with E-state index in [1.165, 1.54) is 5.56 Å². The fourth-order valence-electron chi connectivity index (χ4n) is 2.04. The number of rotatable bonds is 7. The minimum absolute atomic E-state index is 0.244. The smallest absolute Gasteiger partial charge is 0.0164 e. The monoisotopic (exact) mass is 234 g/mol. The van der Waals surface area contributed by atoms with Crippen LogP contribution in [0.3, 0.4) is 0 Å². The molecule has 17 heavy (non-hydrogen) atoms. The summed E-state index contributed by atoms with van der Waals surface area (Å²) >= 11 is 0. The molecule has 0 aromatic heterocycles. The van der Waals surface area contributed by atoms with Crippen LogP contribution in [0.4, 0.5) is 0 Å². The van der Waals surface area contributed by atoms with Crippen molar-refractivity contribution in [3.8, 4) is 0 Å². The fraction of sp³-hybridized carbons (Fsp3) is 0.600. The predicted octanol–water partition coefficient (Wildman–Crippen LogP) is 2.55. The van der Waals surface area contributed by atoms with Crippen LogP contribution in [0.2, 0.25) is 0 Å². The van der Waals surface area contributed by atoms with Crippen LogP contribution in [-0.2, 0) is 5.41 Å². The summed E-state index contributed by atoms with van der Waals surface area (Å²) in [5.74, 6) is 0. The Morgan fingerprint density at radius 2 is 1.82 bits per heavy atom. The van der Waals surface area contributed by atoms with Crippen molar-refractivity contribution >= 4 is 0 Å². The zero-order valence-electron chi connectivity index (χ0n) is 11.6. The first-order valence-electron chi connectivity index (χ1n) is 6.50. The van der Waals surface area contributed by atoms with Crippen LogP contribution in [0, 0.1) is 0 Å². The first kappa shape index (κ1) is 14.2. The highest BCUT2D eigenvalue weighted by molar-refractivity contribution is 5.23. The van der Waals surface area contributed by atoms with Crippen molar-refractivity contribution in [1.29, 1.82) is 0 Å². The van der Waals surface area contributed by atoms with Crippen LogP contribution < -0.4 is 10.6 Å². The van der Waals surface area contributed by atoms with E-state index in [1.54, 1.807) is 0 Å². The summed E-state index contributed by atoms with van der Waals surface area (Å²) in [5, 5.41) is 6.73. The molecule has 0 spiro atoms. The first-order valence-corrected chi connectivity index (χ1v) is 6.50. The molecule has 0 saturated heterocycles. The minimum Gasteiger partial charge on any atom is -0.318 e. The van der Waals surface area contributed by atoms with E-state index in [2.05, 4.69) is 61.7 Å². The van der Waals surface area contributed by atoms with Gasteiger partial charge < -0.3 is 10.6 Å². The predicted molar refractivity (Wildman–Crippen MR) is 75.5 cm³/mol. The summed E-state index contributed by atoms with van der Waals surface area (Å²) in [7, 11) is 1.99. The molecule has 0 radical (unpaired) electrons. The Hall–Kier alpha value is -0.860.